The summed E-state index contributed by atoms with van der Waals surface area (Å²) in [5.74, 6) is -0.545. The van der Waals surface area contributed by atoms with Crippen LogP contribution < -0.4 is 5.73 Å². The summed E-state index contributed by atoms with van der Waals surface area (Å²) >= 11 is 0. The number of hydrogen-bond acceptors (Lipinski definition) is 4. The maximum atomic E-state index is 11.7. The Morgan fingerprint density at radius 3 is 2.44 bits per heavy atom. The molecule has 2 aromatic heterocycles. The molecule has 1 saturated heterocycles. The summed E-state index contributed by atoms with van der Waals surface area (Å²) in [5.41, 5.74) is 5.49. The van der Waals surface area contributed by atoms with Gasteiger partial charge in [-0.05, 0) is 24.3 Å². The average molecular weight is 241 g/mol. The van der Waals surface area contributed by atoms with Gasteiger partial charge in [0.25, 0.3) is 5.91 Å². The molecule has 0 unspecified atom stereocenters. The Morgan fingerprint density at radius 1 is 1.17 bits per heavy atom. The first kappa shape index (κ1) is 10.9. The SMILES string of the molecule is NC(=O)[C@@]1(c2ccccn2)O[C@H]1c1ccccn1. The van der Waals surface area contributed by atoms with E-state index in [0.717, 1.165) is 0 Å². The summed E-state index contributed by atoms with van der Waals surface area (Å²) in [7, 11) is 0. The number of rotatable bonds is 3. The van der Waals surface area contributed by atoms with Crippen LogP contribution in [0.4, 0.5) is 0 Å². The summed E-state index contributed by atoms with van der Waals surface area (Å²) in [4.78, 5) is 20.0. The Balaban J connectivity index is 2.01. The third-order valence-corrected chi connectivity index (χ3v) is 2.98. The second-order valence-corrected chi connectivity index (χ2v) is 4.07. The topological polar surface area (TPSA) is 81.4 Å². The summed E-state index contributed by atoms with van der Waals surface area (Å²) < 4.78 is 5.54. The predicted octanol–water partition coefficient (Wildman–Crippen LogP) is 0.929. The summed E-state index contributed by atoms with van der Waals surface area (Å²) in [5, 5.41) is 0. The van der Waals surface area contributed by atoms with Gasteiger partial charge < -0.3 is 10.5 Å². The molecule has 0 aliphatic carbocycles. The minimum Gasteiger partial charge on any atom is -0.367 e. The van der Waals surface area contributed by atoms with Gasteiger partial charge >= 0.3 is 0 Å². The van der Waals surface area contributed by atoms with E-state index in [1.807, 2.05) is 6.07 Å². The minimum absolute atomic E-state index is 0.453. The van der Waals surface area contributed by atoms with Crippen molar-refractivity contribution in [3.63, 3.8) is 0 Å². The van der Waals surface area contributed by atoms with Crippen LogP contribution in [0.2, 0.25) is 0 Å². The molecule has 0 aromatic carbocycles. The molecular weight excluding hydrogens is 230 g/mol. The fraction of sp³-hybridized carbons (Fsp3) is 0.154. The monoisotopic (exact) mass is 241 g/mol. The van der Waals surface area contributed by atoms with E-state index in [-0.39, 0.29) is 0 Å². The van der Waals surface area contributed by atoms with Crippen molar-refractivity contribution in [3.8, 4) is 0 Å². The van der Waals surface area contributed by atoms with Crippen molar-refractivity contribution in [2.45, 2.75) is 11.7 Å². The van der Waals surface area contributed by atoms with E-state index in [2.05, 4.69) is 9.97 Å². The van der Waals surface area contributed by atoms with Crippen LogP contribution in [0.5, 0.6) is 0 Å². The van der Waals surface area contributed by atoms with E-state index in [4.69, 9.17) is 10.5 Å². The van der Waals surface area contributed by atoms with Crippen LogP contribution in [0.1, 0.15) is 17.5 Å². The number of hydrogen-bond donors (Lipinski definition) is 1. The van der Waals surface area contributed by atoms with Gasteiger partial charge in [0.2, 0.25) is 5.60 Å². The largest absolute Gasteiger partial charge is 0.367 e. The van der Waals surface area contributed by atoms with Gasteiger partial charge in [-0.1, -0.05) is 12.1 Å². The highest BCUT2D eigenvalue weighted by Gasteiger charge is 2.65. The predicted molar refractivity (Wildman–Crippen MR) is 63.2 cm³/mol. The Labute approximate surface area is 104 Å². The van der Waals surface area contributed by atoms with Crippen molar-refractivity contribution >= 4 is 5.91 Å². The molecule has 2 atom stereocenters. The number of epoxide rings is 1. The third kappa shape index (κ3) is 1.48. The van der Waals surface area contributed by atoms with Gasteiger partial charge in [0, 0.05) is 12.4 Å². The second-order valence-electron chi connectivity index (χ2n) is 4.07. The standard InChI is InChI=1S/C13H11N3O2/c14-12(17)13(10-6-2-4-8-16-10)11(18-13)9-5-1-3-7-15-9/h1-8,11H,(H2,14,17)/t11-,13-/m0/s1. The number of ether oxygens (including phenoxy) is 1. The van der Waals surface area contributed by atoms with E-state index in [1.165, 1.54) is 0 Å². The van der Waals surface area contributed by atoms with E-state index in [0.29, 0.717) is 11.4 Å². The Kier molecular flexibility index (Phi) is 2.34. The number of pyridine rings is 2. The molecule has 1 aliphatic rings. The zero-order chi connectivity index (χ0) is 12.6. The number of carbonyl (C=O) groups excluding carboxylic acids is 1. The molecule has 3 rings (SSSR count). The molecule has 0 spiro atoms. The van der Waals surface area contributed by atoms with Crippen LogP contribution in [0.3, 0.4) is 0 Å². The number of primary amides is 1. The average Bonchev–Trinajstić information content (AvgIpc) is 3.18. The quantitative estimate of drug-likeness (QED) is 0.810. The lowest BCUT2D eigenvalue weighted by atomic mass is 9.97. The first-order valence-electron chi connectivity index (χ1n) is 5.55. The molecular formula is C13H11N3O2. The van der Waals surface area contributed by atoms with E-state index in [1.54, 1.807) is 42.7 Å². The molecule has 2 aromatic rings. The van der Waals surface area contributed by atoms with Crippen LogP contribution in [-0.2, 0) is 15.1 Å². The Bertz CT molecular complexity index is 573. The highest BCUT2D eigenvalue weighted by atomic mass is 16.6. The van der Waals surface area contributed by atoms with Crippen molar-refractivity contribution in [3.05, 3.63) is 60.2 Å². The van der Waals surface area contributed by atoms with Gasteiger partial charge in [-0.15, -0.1) is 0 Å². The molecule has 0 saturated carbocycles. The summed E-state index contributed by atoms with van der Waals surface area (Å²) in [6, 6.07) is 10.7. The second kappa shape index (κ2) is 3.89. The van der Waals surface area contributed by atoms with Crippen molar-refractivity contribution in [1.82, 2.24) is 9.97 Å². The smallest absolute Gasteiger partial charge is 0.259 e. The van der Waals surface area contributed by atoms with Gasteiger partial charge in [-0.2, -0.15) is 0 Å². The molecule has 5 heteroatoms. The van der Waals surface area contributed by atoms with Crippen LogP contribution >= 0.6 is 0 Å². The van der Waals surface area contributed by atoms with Crippen molar-refractivity contribution in [2.75, 3.05) is 0 Å². The van der Waals surface area contributed by atoms with Gasteiger partial charge in [0.1, 0.15) is 6.10 Å². The van der Waals surface area contributed by atoms with E-state index >= 15 is 0 Å². The Hall–Kier alpha value is -2.27. The van der Waals surface area contributed by atoms with E-state index < -0.39 is 17.6 Å². The van der Waals surface area contributed by atoms with Gasteiger partial charge in [-0.25, -0.2) is 0 Å². The van der Waals surface area contributed by atoms with Gasteiger partial charge in [0.15, 0.2) is 0 Å². The number of carbonyl (C=O) groups is 1. The summed E-state index contributed by atoms with van der Waals surface area (Å²) in [6.45, 7) is 0. The molecule has 18 heavy (non-hydrogen) atoms. The molecule has 2 N–H and O–H groups in total. The molecule has 0 radical (unpaired) electrons. The van der Waals surface area contributed by atoms with Crippen molar-refractivity contribution in [1.29, 1.82) is 0 Å². The van der Waals surface area contributed by atoms with Crippen molar-refractivity contribution < 1.29 is 9.53 Å². The lowest BCUT2D eigenvalue weighted by Crippen LogP contribution is -2.31. The highest BCUT2D eigenvalue weighted by molar-refractivity contribution is 5.88. The lowest BCUT2D eigenvalue weighted by Gasteiger charge is -2.07. The first-order chi connectivity index (χ1) is 8.75. The number of nitrogens with zero attached hydrogens (tertiary/aromatic N) is 2. The molecule has 1 aliphatic heterocycles. The summed E-state index contributed by atoms with van der Waals surface area (Å²) in [6.07, 6.45) is 2.81. The molecule has 1 fully saturated rings. The third-order valence-electron chi connectivity index (χ3n) is 2.98. The normalized spacial score (nSPS) is 25.7. The molecule has 5 nitrogen and oxygen atoms in total. The van der Waals surface area contributed by atoms with Crippen LogP contribution in [0, 0.1) is 0 Å². The zero-order valence-electron chi connectivity index (χ0n) is 9.48. The maximum absolute atomic E-state index is 11.7. The molecule has 90 valence electrons. The minimum atomic E-state index is -1.17. The fourth-order valence-corrected chi connectivity index (χ4v) is 2.04. The fourth-order valence-electron chi connectivity index (χ4n) is 2.04. The number of amides is 1. The molecule has 0 bridgehead atoms. The van der Waals surface area contributed by atoms with E-state index in [9.17, 15) is 4.79 Å². The Morgan fingerprint density at radius 2 is 1.89 bits per heavy atom. The highest BCUT2D eigenvalue weighted by Crippen LogP contribution is 2.55. The molecule has 3 heterocycles. The van der Waals surface area contributed by atoms with Crippen molar-refractivity contribution in [2.24, 2.45) is 5.73 Å². The first-order valence-corrected chi connectivity index (χ1v) is 5.55. The molecule has 1 amide bonds. The van der Waals surface area contributed by atoms with Gasteiger partial charge in [-0.3, -0.25) is 14.8 Å². The van der Waals surface area contributed by atoms with Crippen LogP contribution in [0.25, 0.3) is 0 Å². The van der Waals surface area contributed by atoms with Gasteiger partial charge in [0.05, 0.1) is 11.4 Å². The number of nitrogens with two attached hydrogens (primary N) is 1. The van der Waals surface area contributed by atoms with Crippen LogP contribution in [0.15, 0.2) is 48.8 Å². The lowest BCUT2D eigenvalue weighted by molar-refractivity contribution is -0.123. The number of aromatic nitrogens is 2. The van der Waals surface area contributed by atoms with Crippen LogP contribution in [-0.4, -0.2) is 15.9 Å². The zero-order valence-corrected chi connectivity index (χ0v) is 9.48. The maximum Gasteiger partial charge on any atom is 0.259 e.